The zero-order chi connectivity index (χ0) is 30.6. The highest BCUT2D eigenvalue weighted by molar-refractivity contribution is 6.19. The summed E-state index contributed by atoms with van der Waals surface area (Å²) < 4.78 is 4.68. The number of aromatic nitrogens is 4. The zero-order valence-electron chi connectivity index (χ0n) is 24.7. The molecule has 3 heterocycles. The minimum Gasteiger partial charge on any atom is -0.309 e. The molecule has 0 amide bonds. The van der Waals surface area contributed by atoms with E-state index in [0.29, 0.717) is 11.5 Å². The van der Waals surface area contributed by atoms with Crippen LogP contribution in [0.15, 0.2) is 152 Å². The van der Waals surface area contributed by atoms with E-state index in [1.165, 1.54) is 16.3 Å². The molecule has 5 heteroatoms. The van der Waals surface area contributed by atoms with E-state index in [0.717, 1.165) is 55.5 Å². The normalized spacial score (nSPS) is 11.5. The van der Waals surface area contributed by atoms with Crippen molar-refractivity contribution >= 4 is 43.6 Å². The maximum Gasteiger partial charge on any atom is 0.163 e. The molecule has 214 valence electrons. The van der Waals surface area contributed by atoms with Crippen LogP contribution in [0.2, 0.25) is 0 Å². The monoisotopic (exact) mass is 587 g/mol. The lowest BCUT2D eigenvalue weighted by molar-refractivity contribution is 1.12. The standard InChI is InChI=1S/C41H25N5/c42-26-28-23-35(27-13-3-1-4-14-27)44-41(43-28)32-19-9-12-22-38(32)46-37-21-11-8-18-31(37)34-24-39-33(25-40(34)46)30-17-7-10-20-36(30)45(39)29-15-5-2-6-16-29/h1-25H. The predicted molar refractivity (Wildman–Crippen MR) is 186 cm³/mol. The van der Waals surface area contributed by atoms with Crippen LogP contribution in [0, 0.1) is 11.3 Å². The van der Waals surface area contributed by atoms with Crippen LogP contribution in [-0.2, 0) is 0 Å². The van der Waals surface area contributed by atoms with E-state index in [2.05, 4.69) is 112 Å². The fraction of sp³-hybridized carbons (Fsp3) is 0. The third-order valence-corrected chi connectivity index (χ3v) is 8.78. The van der Waals surface area contributed by atoms with Gasteiger partial charge in [-0.15, -0.1) is 0 Å². The number of hydrogen-bond donors (Lipinski definition) is 0. The van der Waals surface area contributed by atoms with Gasteiger partial charge in [-0.2, -0.15) is 5.26 Å². The van der Waals surface area contributed by atoms with Gasteiger partial charge in [-0.05, 0) is 48.5 Å². The molecule has 0 aliphatic rings. The second-order valence-electron chi connectivity index (χ2n) is 11.4. The van der Waals surface area contributed by atoms with Gasteiger partial charge < -0.3 is 9.13 Å². The molecule has 0 fully saturated rings. The van der Waals surface area contributed by atoms with E-state index in [4.69, 9.17) is 9.97 Å². The Kier molecular flexibility index (Phi) is 5.81. The van der Waals surface area contributed by atoms with Crippen molar-refractivity contribution < 1.29 is 0 Å². The van der Waals surface area contributed by atoms with E-state index in [1.54, 1.807) is 6.07 Å². The van der Waals surface area contributed by atoms with Crippen molar-refractivity contribution in [1.82, 2.24) is 19.1 Å². The summed E-state index contributed by atoms with van der Waals surface area (Å²) in [6.45, 7) is 0. The molecule has 0 aliphatic heterocycles. The molecule has 0 N–H and O–H groups in total. The maximum atomic E-state index is 9.94. The van der Waals surface area contributed by atoms with Crippen LogP contribution in [0.3, 0.4) is 0 Å². The summed E-state index contributed by atoms with van der Waals surface area (Å²) in [6, 6.07) is 54.5. The molecule has 0 bridgehead atoms. The minimum atomic E-state index is 0.330. The summed E-state index contributed by atoms with van der Waals surface area (Å²) in [5.74, 6) is 0.515. The summed E-state index contributed by atoms with van der Waals surface area (Å²) in [6.07, 6.45) is 0. The Morgan fingerprint density at radius 2 is 1.04 bits per heavy atom. The van der Waals surface area contributed by atoms with Gasteiger partial charge in [0.25, 0.3) is 0 Å². The van der Waals surface area contributed by atoms with Gasteiger partial charge in [-0.1, -0.05) is 97.1 Å². The van der Waals surface area contributed by atoms with Crippen LogP contribution in [0.4, 0.5) is 0 Å². The van der Waals surface area contributed by atoms with Crippen molar-refractivity contribution in [2.75, 3.05) is 0 Å². The van der Waals surface area contributed by atoms with Crippen molar-refractivity contribution in [2.24, 2.45) is 0 Å². The van der Waals surface area contributed by atoms with Crippen LogP contribution in [0.1, 0.15) is 5.69 Å². The fourth-order valence-corrected chi connectivity index (χ4v) is 6.78. The Morgan fingerprint density at radius 3 is 1.74 bits per heavy atom. The lowest BCUT2D eigenvalue weighted by Crippen LogP contribution is -2.01. The van der Waals surface area contributed by atoms with Gasteiger partial charge in [0.2, 0.25) is 0 Å². The van der Waals surface area contributed by atoms with Crippen molar-refractivity contribution in [2.45, 2.75) is 0 Å². The van der Waals surface area contributed by atoms with Crippen molar-refractivity contribution in [3.8, 4) is 40.1 Å². The zero-order valence-corrected chi connectivity index (χ0v) is 24.7. The average Bonchev–Trinajstić information content (AvgIpc) is 3.63. The van der Waals surface area contributed by atoms with E-state index in [1.807, 2.05) is 48.5 Å². The summed E-state index contributed by atoms with van der Waals surface area (Å²) in [5, 5.41) is 14.6. The second kappa shape index (κ2) is 10.3. The molecule has 3 aromatic heterocycles. The molecule has 0 saturated heterocycles. The fourth-order valence-electron chi connectivity index (χ4n) is 6.78. The van der Waals surface area contributed by atoms with Gasteiger partial charge in [0.1, 0.15) is 11.8 Å². The predicted octanol–water partition coefficient (Wildman–Crippen LogP) is 9.88. The number of para-hydroxylation sites is 4. The van der Waals surface area contributed by atoms with Gasteiger partial charge in [0.15, 0.2) is 5.82 Å². The smallest absolute Gasteiger partial charge is 0.163 e. The Balaban J connectivity index is 1.36. The molecule has 0 atom stereocenters. The Morgan fingerprint density at radius 1 is 0.478 bits per heavy atom. The summed E-state index contributed by atoms with van der Waals surface area (Å²) in [5.41, 5.74) is 9.44. The molecule has 46 heavy (non-hydrogen) atoms. The largest absolute Gasteiger partial charge is 0.309 e. The van der Waals surface area contributed by atoms with Gasteiger partial charge >= 0.3 is 0 Å². The molecule has 0 aliphatic carbocycles. The maximum absolute atomic E-state index is 9.94. The third kappa shape index (κ3) is 3.94. The van der Waals surface area contributed by atoms with Gasteiger partial charge in [-0.3, -0.25) is 0 Å². The average molecular weight is 588 g/mol. The lowest BCUT2D eigenvalue weighted by Gasteiger charge is -2.14. The van der Waals surface area contributed by atoms with E-state index < -0.39 is 0 Å². The number of nitriles is 1. The minimum absolute atomic E-state index is 0.330. The quantitative estimate of drug-likeness (QED) is 0.206. The van der Waals surface area contributed by atoms with Crippen LogP contribution < -0.4 is 0 Å². The van der Waals surface area contributed by atoms with E-state index >= 15 is 0 Å². The summed E-state index contributed by atoms with van der Waals surface area (Å²) >= 11 is 0. The summed E-state index contributed by atoms with van der Waals surface area (Å²) in [4.78, 5) is 9.72. The van der Waals surface area contributed by atoms with Crippen LogP contribution in [0.5, 0.6) is 0 Å². The van der Waals surface area contributed by atoms with Crippen molar-refractivity contribution in [3.63, 3.8) is 0 Å². The van der Waals surface area contributed by atoms with E-state index in [-0.39, 0.29) is 0 Å². The highest BCUT2D eigenvalue weighted by Gasteiger charge is 2.21. The Bertz CT molecular complexity index is 2640. The van der Waals surface area contributed by atoms with Crippen LogP contribution in [0.25, 0.3) is 77.6 Å². The molecule has 0 radical (unpaired) electrons. The van der Waals surface area contributed by atoms with E-state index in [9.17, 15) is 5.26 Å². The number of benzene rings is 6. The second-order valence-corrected chi connectivity index (χ2v) is 11.4. The first-order valence-corrected chi connectivity index (χ1v) is 15.2. The van der Waals surface area contributed by atoms with Crippen LogP contribution >= 0.6 is 0 Å². The molecule has 0 saturated carbocycles. The third-order valence-electron chi connectivity index (χ3n) is 8.78. The van der Waals surface area contributed by atoms with Crippen molar-refractivity contribution in [1.29, 1.82) is 5.26 Å². The molecule has 6 aromatic carbocycles. The molecular weight excluding hydrogens is 562 g/mol. The Labute approximate surface area is 264 Å². The van der Waals surface area contributed by atoms with Crippen LogP contribution in [-0.4, -0.2) is 19.1 Å². The molecule has 9 aromatic rings. The Hall–Kier alpha value is -6.51. The lowest BCUT2D eigenvalue weighted by atomic mass is 10.1. The first-order chi connectivity index (χ1) is 22.8. The molecule has 0 spiro atoms. The molecule has 9 rings (SSSR count). The van der Waals surface area contributed by atoms with Crippen molar-refractivity contribution in [3.05, 3.63) is 157 Å². The topological polar surface area (TPSA) is 59.4 Å². The number of rotatable bonds is 4. The first kappa shape index (κ1) is 25.9. The van der Waals surface area contributed by atoms with Gasteiger partial charge in [0.05, 0.1) is 33.4 Å². The number of fused-ring (bicyclic) bond motifs is 6. The van der Waals surface area contributed by atoms with Gasteiger partial charge in [-0.25, -0.2) is 9.97 Å². The number of hydrogen-bond acceptors (Lipinski definition) is 3. The molecule has 0 unspecified atom stereocenters. The highest BCUT2D eigenvalue weighted by Crippen LogP contribution is 2.41. The summed E-state index contributed by atoms with van der Waals surface area (Å²) in [7, 11) is 0. The molecule has 5 nitrogen and oxygen atoms in total. The highest BCUT2D eigenvalue weighted by atomic mass is 15.0. The SMILES string of the molecule is N#Cc1cc(-c2ccccc2)nc(-c2ccccc2-n2c3ccccc3c3cc4c(cc32)c2ccccc2n4-c2ccccc2)n1. The molecular formula is C41H25N5. The number of nitrogens with zero attached hydrogens (tertiary/aromatic N) is 5. The van der Waals surface area contributed by atoms with Gasteiger partial charge in [0, 0.05) is 44.4 Å². The first-order valence-electron chi connectivity index (χ1n) is 15.2.